The van der Waals surface area contributed by atoms with Gasteiger partial charge in [0.15, 0.2) is 5.13 Å². The molecule has 0 saturated carbocycles. The minimum absolute atomic E-state index is 0.0133. The van der Waals surface area contributed by atoms with E-state index in [1.165, 1.54) is 54.8 Å². The topological polar surface area (TPSA) is 71.5 Å². The minimum atomic E-state index is -4.58. The molecular formula is C22H16F5N3O3S. The molecule has 0 fully saturated rings. The molecule has 6 nitrogen and oxygen atoms in total. The molecule has 34 heavy (non-hydrogen) atoms. The number of carbonyl (C=O) groups excluding carboxylic acids is 2. The molecule has 3 aromatic rings. The molecule has 0 unspecified atom stereocenters. The van der Waals surface area contributed by atoms with Crippen molar-refractivity contribution in [2.45, 2.75) is 19.7 Å². The van der Waals surface area contributed by atoms with Gasteiger partial charge in [0, 0.05) is 18.4 Å². The molecule has 1 N–H and O–H groups in total. The lowest BCUT2D eigenvalue weighted by molar-refractivity contribution is -0.137. The predicted octanol–water partition coefficient (Wildman–Crippen LogP) is 6.10. The fraction of sp³-hybridized carbons (Fsp3) is 0.136. The summed E-state index contributed by atoms with van der Waals surface area (Å²) in [6.45, 7) is -1.88. The highest BCUT2D eigenvalue weighted by atomic mass is 32.1. The largest absolute Gasteiger partial charge is 0.433 e. The minimum Gasteiger partial charge on any atom is -0.433 e. The van der Waals surface area contributed by atoms with Crippen LogP contribution in [0.4, 0.5) is 38.5 Å². The van der Waals surface area contributed by atoms with Crippen molar-refractivity contribution in [3.8, 4) is 5.75 Å². The van der Waals surface area contributed by atoms with Gasteiger partial charge >= 0.3 is 12.8 Å². The number of para-hydroxylation sites is 2. The summed E-state index contributed by atoms with van der Waals surface area (Å²) in [5, 5.41) is 4.00. The smallest absolute Gasteiger partial charge is 0.416 e. The molecule has 0 aliphatic rings. The monoisotopic (exact) mass is 497 g/mol. The summed E-state index contributed by atoms with van der Waals surface area (Å²) in [5.41, 5.74) is -0.643. The lowest BCUT2D eigenvalue weighted by Gasteiger charge is -2.19. The van der Waals surface area contributed by atoms with Gasteiger partial charge in [-0.1, -0.05) is 18.2 Å². The Morgan fingerprint density at radius 1 is 1.15 bits per heavy atom. The summed E-state index contributed by atoms with van der Waals surface area (Å²) in [4.78, 5) is 29.6. The third kappa shape index (κ3) is 6.38. The van der Waals surface area contributed by atoms with Crippen LogP contribution in [0, 0.1) is 0 Å². The number of ether oxygens (including phenoxy) is 1. The van der Waals surface area contributed by atoms with Crippen molar-refractivity contribution in [3.63, 3.8) is 0 Å². The third-order valence-corrected chi connectivity index (χ3v) is 5.06. The standard InChI is InChI=1S/C22H16F5N3O3S/c1-13(31)30(16-6-4-5-14(11-16)22(25,26)27)21-28-15(12-34-21)9-10-19(32)29-17-7-2-3-8-18(17)33-20(23)24/h2-12,20H,1H3,(H,29,32)/b10-9+. The highest BCUT2D eigenvalue weighted by molar-refractivity contribution is 7.14. The first kappa shape index (κ1) is 24.8. The van der Waals surface area contributed by atoms with E-state index < -0.39 is 30.2 Å². The van der Waals surface area contributed by atoms with Crippen molar-refractivity contribution in [1.29, 1.82) is 0 Å². The molecule has 0 saturated heterocycles. The molecule has 2 aromatic carbocycles. The predicted molar refractivity (Wildman–Crippen MR) is 117 cm³/mol. The van der Waals surface area contributed by atoms with E-state index in [1.54, 1.807) is 0 Å². The quantitative estimate of drug-likeness (QED) is 0.316. The number of nitrogens with zero attached hydrogens (tertiary/aromatic N) is 2. The van der Waals surface area contributed by atoms with Gasteiger partial charge in [0.1, 0.15) is 5.75 Å². The number of nitrogens with one attached hydrogen (secondary N) is 1. The first-order chi connectivity index (χ1) is 16.0. The van der Waals surface area contributed by atoms with Gasteiger partial charge in [-0.2, -0.15) is 22.0 Å². The lowest BCUT2D eigenvalue weighted by Crippen LogP contribution is -2.23. The van der Waals surface area contributed by atoms with Gasteiger partial charge in [-0.25, -0.2) is 4.98 Å². The molecule has 0 spiro atoms. The van der Waals surface area contributed by atoms with E-state index in [2.05, 4.69) is 15.0 Å². The fourth-order valence-corrected chi connectivity index (χ4v) is 3.66. The maximum Gasteiger partial charge on any atom is 0.416 e. The number of thiazole rings is 1. The zero-order valence-corrected chi connectivity index (χ0v) is 18.2. The Hall–Kier alpha value is -3.80. The van der Waals surface area contributed by atoms with Crippen molar-refractivity contribution < 1.29 is 36.3 Å². The van der Waals surface area contributed by atoms with Crippen LogP contribution < -0.4 is 15.0 Å². The Morgan fingerprint density at radius 2 is 1.88 bits per heavy atom. The van der Waals surface area contributed by atoms with Crippen molar-refractivity contribution in [3.05, 3.63) is 71.2 Å². The Kier molecular flexibility index (Phi) is 7.61. The SMILES string of the molecule is CC(=O)N(c1cccc(C(F)(F)F)c1)c1nc(/C=C/C(=O)Nc2ccccc2OC(F)F)cs1. The second kappa shape index (κ2) is 10.4. The number of rotatable bonds is 7. The number of anilines is 3. The van der Waals surface area contributed by atoms with E-state index >= 15 is 0 Å². The first-order valence-corrected chi connectivity index (χ1v) is 10.4. The van der Waals surface area contributed by atoms with Gasteiger partial charge in [-0.3, -0.25) is 14.5 Å². The molecule has 3 rings (SSSR count). The number of hydrogen-bond acceptors (Lipinski definition) is 5. The summed E-state index contributed by atoms with van der Waals surface area (Å²) < 4.78 is 68.5. The van der Waals surface area contributed by atoms with Gasteiger partial charge in [-0.15, -0.1) is 11.3 Å². The molecule has 0 bridgehead atoms. The number of hydrogen-bond donors (Lipinski definition) is 1. The second-order valence-electron chi connectivity index (χ2n) is 6.65. The molecule has 0 radical (unpaired) electrons. The lowest BCUT2D eigenvalue weighted by atomic mass is 10.2. The molecule has 2 amide bonds. The van der Waals surface area contributed by atoms with E-state index in [4.69, 9.17) is 0 Å². The van der Waals surface area contributed by atoms with Crippen molar-refractivity contribution in [1.82, 2.24) is 4.98 Å². The summed E-state index contributed by atoms with van der Waals surface area (Å²) in [5.74, 6) is -1.44. The van der Waals surface area contributed by atoms with Gasteiger partial charge < -0.3 is 10.1 Å². The van der Waals surface area contributed by atoms with Crippen molar-refractivity contribution in [2.75, 3.05) is 10.2 Å². The number of aromatic nitrogens is 1. The van der Waals surface area contributed by atoms with E-state index in [1.807, 2.05) is 0 Å². The van der Waals surface area contributed by atoms with Crippen LogP contribution in [0.25, 0.3) is 6.08 Å². The summed E-state index contributed by atoms with van der Waals surface area (Å²) >= 11 is 0.986. The summed E-state index contributed by atoms with van der Waals surface area (Å²) in [6, 6.07) is 9.89. The van der Waals surface area contributed by atoms with Crippen LogP contribution in [0.15, 0.2) is 60.0 Å². The maximum atomic E-state index is 13.0. The Morgan fingerprint density at radius 3 is 2.56 bits per heavy atom. The maximum absolute atomic E-state index is 13.0. The van der Waals surface area contributed by atoms with Gasteiger partial charge in [0.05, 0.1) is 22.6 Å². The van der Waals surface area contributed by atoms with Gasteiger partial charge in [0.2, 0.25) is 11.8 Å². The van der Waals surface area contributed by atoms with Crippen molar-refractivity contribution in [2.24, 2.45) is 0 Å². The first-order valence-electron chi connectivity index (χ1n) is 9.51. The van der Waals surface area contributed by atoms with E-state index in [0.717, 1.165) is 34.4 Å². The molecule has 1 aromatic heterocycles. The molecule has 178 valence electrons. The van der Waals surface area contributed by atoms with Crippen LogP contribution in [0.3, 0.4) is 0 Å². The van der Waals surface area contributed by atoms with Crippen LogP contribution in [0.1, 0.15) is 18.2 Å². The average Bonchev–Trinajstić information content (AvgIpc) is 3.21. The zero-order valence-electron chi connectivity index (χ0n) is 17.3. The van der Waals surface area contributed by atoms with Crippen LogP contribution in [0.2, 0.25) is 0 Å². The number of amides is 2. The van der Waals surface area contributed by atoms with E-state index in [0.29, 0.717) is 0 Å². The normalized spacial score (nSPS) is 11.6. The van der Waals surface area contributed by atoms with Crippen LogP contribution in [-0.4, -0.2) is 23.4 Å². The van der Waals surface area contributed by atoms with Gasteiger partial charge in [-0.05, 0) is 36.4 Å². The second-order valence-corrected chi connectivity index (χ2v) is 7.49. The van der Waals surface area contributed by atoms with Crippen LogP contribution >= 0.6 is 11.3 Å². The molecule has 1 heterocycles. The number of alkyl halides is 5. The number of benzene rings is 2. The highest BCUT2D eigenvalue weighted by Gasteiger charge is 2.31. The number of carbonyl (C=O) groups is 2. The van der Waals surface area contributed by atoms with Crippen LogP contribution in [0.5, 0.6) is 5.75 Å². The molecule has 0 atom stereocenters. The molecule has 0 aliphatic carbocycles. The zero-order chi connectivity index (χ0) is 24.9. The van der Waals surface area contributed by atoms with E-state index in [-0.39, 0.29) is 27.9 Å². The van der Waals surface area contributed by atoms with E-state index in [9.17, 15) is 31.5 Å². The summed E-state index contributed by atoms with van der Waals surface area (Å²) in [6.07, 6.45) is -2.20. The highest BCUT2D eigenvalue weighted by Crippen LogP contribution is 2.35. The average molecular weight is 497 g/mol. The van der Waals surface area contributed by atoms with Gasteiger partial charge in [0.25, 0.3) is 0 Å². The molecular weight excluding hydrogens is 481 g/mol. The molecule has 0 aliphatic heterocycles. The Labute approximate surface area is 194 Å². The molecule has 12 heteroatoms. The summed E-state index contributed by atoms with van der Waals surface area (Å²) in [7, 11) is 0. The number of halogens is 5. The van der Waals surface area contributed by atoms with Crippen molar-refractivity contribution >= 4 is 45.7 Å². The third-order valence-electron chi connectivity index (χ3n) is 4.21. The fourth-order valence-electron chi connectivity index (χ4n) is 2.81. The Bertz CT molecular complexity index is 1210. The van der Waals surface area contributed by atoms with Crippen LogP contribution in [-0.2, 0) is 15.8 Å². The Balaban J connectivity index is 1.77.